The molecule has 0 amide bonds. The summed E-state index contributed by atoms with van der Waals surface area (Å²) >= 11 is 0. The fourth-order valence-electron chi connectivity index (χ4n) is 8.31. The van der Waals surface area contributed by atoms with Crippen LogP contribution < -0.4 is 0 Å². The Morgan fingerprint density at radius 3 is 2.24 bits per heavy atom. The molecule has 0 aromatic rings. The number of ether oxygens (including phenoxy) is 4. The second-order valence-electron chi connectivity index (χ2n) is 12.9. The van der Waals surface area contributed by atoms with Crippen molar-refractivity contribution in [3.8, 4) is 0 Å². The van der Waals surface area contributed by atoms with Gasteiger partial charge in [0, 0.05) is 48.3 Å². The lowest BCUT2D eigenvalue weighted by Crippen LogP contribution is -2.66. The number of carbonyl (C=O) groups is 3. The normalized spacial score (nSPS) is 40.1. The summed E-state index contributed by atoms with van der Waals surface area (Å²) < 4.78 is 23.0. The molecule has 230 valence electrons. The largest absolute Gasteiger partial charge is 0.467 e. The van der Waals surface area contributed by atoms with Gasteiger partial charge in [0.15, 0.2) is 5.60 Å². The standard InChI is InChI=1S/C31H46O10/c1-8-10-22(33)40-27-18(4)30(37)20(25-28(5,6)31(25,27)41-23(34)11-9-2)13-19(15-32)14-29(36)21(30)12-17(3)26(29)39-16-24(35)38-7/h12-13,18,20-21,25-27,32,36-37H,8-11,14-16H2,1-7H3/t18-,20+,21-,25-,26+,27-,29-,30-,31-/m1/s1. The average molecular weight is 579 g/mol. The maximum Gasteiger partial charge on any atom is 0.331 e. The van der Waals surface area contributed by atoms with Gasteiger partial charge in [-0.3, -0.25) is 9.59 Å². The van der Waals surface area contributed by atoms with Gasteiger partial charge in [-0.25, -0.2) is 4.79 Å². The number of hydrogen-bond donors (Lipinski definition) is 3. The SMILES string of the molecule is CCCC(=O)O[C@@H]1[C@@H](C)[C@]2(O)[C@@H]3C=C(C)[C@H](OCC(=O)OC)[C@@]3(O)CC(CO)=C[C@H]2[C@@H]2C(C)(C)[C@]12OC(=O)CCC. The minimum Gasteiger partial charge on any atom is -0.467 e. The van der Waals surface area contributed by atoms with E-state index >= 15 is 0 Å². The molecular weight excluding hydrogens is 532 g/mol. The summed E-state index contributed by atoms with van der Waals surface area (Å²) in [7, 11) is 1.24. The zero-order valence-corrected chi connectivity index (χ0v) is 25.3. The Morgan fingerprint density at radius 2 is 1.66 bits per heavy atom. The molecule has 2 fully saturated rings. The van der Waals surface area contributed by atoms with Crippen LogP contribution in [-0.2, 0) is 33.3 Å². The number of aliphatic hydroxyl groups excluding tert-OH is 1. The second kappa shape index (κ2) is 11.1. The van der Waals surface area contributed by atoms with Crippen molar-refractivity contribution in [3.05, 3.63) is 23.3 Å². The monoisotopic (exact) mass is 578 g/mol. The second-order valence-corrected chi connectivity index (χ2v) is 12.9. The Morgan fingerprint density at radius 1 is 1.02 bits per heavy atom. The third kappa shape index (κ3) is 4.65. The van der Waals surface area contributed by atoms with Crippen molar-refractivity contribution in [2.24, 2.45) is 29.1 Å². The van der Waals surface area contributed by atoms with Crippen LogP contribution in [-0.4, -0.2) is 82.6 Å². The molecule has 0 unspecified atom stereocenters. The maximum atomic E-state index is 13.0. The van der Waals surface area contributed by atoms with E-state index in [1.807, 2.05) is 27.7 Å². The molecular formula is C31H46O10. The highest BCUT2D eigenvalue weighted by Crippen LogP contribution is 2.77. The first-order valence-corrected chi connectivity index (χ1v) is 14.7. The highest BCUT2D eigenvalue weighted by atomic mass is 16.6. The minimum absolute atomic E-state index is 0.0184. The smallest absolute Gasteiger partial charge is 0.331 e. The fraction of sp³-hybridized carbons (Fsp3) is 0.774. The number of aliphatic hydroxyl groups is 3. The molecule has 0 aromatic heterocycles. The van der Waals surface area contributed by atoms with Crippen LogP contribution in [0.25, 0.3) is 0 Å². The van der Waals surface area contributed by atoms with Crippen LogP contribution in [0.5, 0.6) is 0 Å². The predicted molar refractivity (Wildman–Crippen MR) is 147 cm³/mol. The molecule has 0 spiro atoms. The highest BCUT2D eigenvalue weighted by molar-refractivity contribution is 5.72. The number of rotatable bonds is 10. The summed E-state index contributed by atoms with van der Waals surface area (Å²) in [5.74, 6) is -4.30. The molecule has 4 aliphatic rings. The number of fused-ring (bicyclic) bond motifs is 5. The third-order valence-electron chi connectivity index (χ3n) is 10.2. The van der Waals surface area contributed by atoms with Crippen LogP contribution in [0.4, 0.5) is 0 Å². The summed E-state index contributed by atoms with van der Waals surface area (Å²) in [6, 6.07) is 0. The molecule has 4 aliphatic carbocycles. The van der Waals surface area contributed by atoms with Gasteiger partial charge in [-0.2, -0.15) is 0 Å². The third-order valence-corrected chi connectivity index (χ3v) is 10.2. The molecule has 0 bridgehead atoms. The number of hydrogen-bond acceptors (Lipinski definition) is 10. The first kappa shape index (κ1) is 31.7. The fourth-order valence-corrected chi connectivity index (χ4v) is 8.31. The van der Waals surface area contributed by atoms with Gasteiger partial charge in [-0.05, 0) is 30.9 Å². The first-order valence-electron chi connectivity index (χ1n) is 14.7. The molecule has 4 rings (SSSR count). The molecule has 0 radical (unpaired) electrons. The predicted octanol–water partition coefficient (Wildman–Crippen LogP) is 2.62. The summed E-state index contributed by atoms with van der Waals surface area (Å²) in [6.07, 6.45) is 3.13. The van der Waals surface area contributed by atoms with Gasteiger partial charge < -0.3 is 34.3 Å². The lowest BCUT2D eigenvalue weighted by Gasteiger charge is -2.53. The van der Waals surface area contributed by atoms with Crippen LogP contribution >= 0.6 is 0 Å². The average Bonchev–Trinajstić information content (AvgIpc) is 3.30. The van der Waals surface area contributed by atoms with Crippen molar-refractivity contribution in [1.82, 2.24) is 0 Å². The zero-order chi connectivity index (χ0) is 30.5. The Hall–Kier alpha value is -2.27. The van der Waals surface area contributed by atoms with Crippen LogP contribution in [0.3, 0.4) is 0 Å². The minimum atomic E-state index is -1.72. The Balaban J connectivity index is 1.87. The molecule has 0 aliphatic heterocycles. The van der Waals surface area contributed by atoms with Crippen LogP contribution in [0.2, 0.25) is 0 Å². The molecule has 9 atom stereocenters. The van der Waals surface area contributed by atoms with Crippen LogP contribution in [0.1, 0.15) is 73.6 Å². The van der Waals surface area contributed by atoms with E-state index < -0.39 is 82.6 Å². The molecule has 0 saturated heterocycles. The maximum absolute atomic E-state index is 13.0. The Kier molecular flexibility index (Phi) is 8.57. The zero-order valence-electron chi connectivity index (χ0n) is 25.3. The van der Waals surface area contributed by atoms with Gasteiger partial charge in [-0.15, -0.1) is 0 Å². The number of carbonyl (C=O) groups excluding carboxylic acids is 3. The van der Waals surface area contributed by atoms with E-state index in [1.54, 1.807) is 26.0 Å². The number of methoxy groups -OCH3 is 1. The van der Waals surface area contributed by atoms with Crippen molar-refractivity contribution >= 4 is 17.9 Å². The van der Waals surface area contributed by atoms with E-state index in [0.717, 1.165) is 0 Å². The van der Waals surface area contributed by atoms with E-state index in [2.05, 4.69) is 0 Å². The summed E-state index contributed by atoms with van der Waals surface area (Å²) in [5, 5.41) is 35.7. The van der Waals surface area contributed by atoms with E-state index in [4.69, 9.17) is 18.9 Å². The lowest BCUT2D eigenvalue weighted by molar-refractivity contribution is -0.237. The van der Waals surface area contributed by atoms with Crippen LogP contribution in [0, 0.1) is 29.1 Å². The molecule has 41 heavy (non-hydrogen) atoms. The highest BCUT2D eigenvalue weighted by Gasteiger charge is 2.87. The van der Waals surface area contributed by atoms with Crippen LogP contribution in [0.15, 0.2) is 23.3 Å². The van der Waals surface area contributed by atoms with E-state index in [9.17, 15) is 29.7 Å². The summed E-state index contributed by atoms with van der Waals surface area (Å²) in [6.45, 7) is 10.4. The van der Waals surface area contributed by atoms with Crippen molar-refractivity contribution in [2.45, 2.75) is 103 Å². The number of esters is 3. The topological polar surface area (TPSA) is 149 Å². The van der Waals surface area contributed by atoms with Gasteiger partial charge >= 0.3 is 17.9 Å². The molecule has 0 heterocycles. The molecule has 10 heteroatoms. The van der Waals surface area contributed by atoms with Crippen molar-refractivity contribution in [2.75, 3.05) is 20.3 Å². The van der Waals surface area contributed by atoms with Gasteiger partial charge in [0.1, 0.15) is 24.4 Å². The van der Waals surface area contributed by atoms with Crippen molar-refractivity contribution in [1.29, 1.82) is 0 Å². The van der Waals surface area contributed by atoms with Crippen molar-refractivity contribution in [3.63, 3.8) is 0 Å². The molecule has 10 nitrogen and oxygen atoms in total. The molecule has 3 N–H and O–H groups in total. The quantitative estimate of drug-likeness (QED) is 0.201. The lowest BCUT2D eigenvalue weighted by atomic mass is 9.58. The van der Waals surface area contributed by atoms with E-state index in [1.165, 1.54) is 7.11 Å². The Labute approximate surface area is 242 Å². The van der Waals surface area contributed by atoms with Crippen molar-refractivity contribution < 1.29 is 48.7 Å². The van der Waals surface area contributed by atoms with Gasteiger partial charge in [0.05, 0.1) is 19.3 Å². The summed E-state index contributed by atoms with van der Waals surface area (Å²) in [4.78, 5) is 37.9. The van der Waals surface area contributed by atoms with E-state index in [0.29, 0.717) is 24.0 Å². The van der Waals surface area contributed by atoms with Gasteiger partial charge in [-0.1, -0.05) is 46.8 Å². The molecule has 0 aromatic carbocycles. The van der Waals surface area contributed by atoms with E-state index in [-0.39, 0.29) is 25.9 Å². The Bertz CT molecular complexity index is 1130. The van der Waals surface area contributed by atoms with Gasteiger partial charge in [0.2, 0.25) is 0 Å². The first-order chi connectivity index (χ1) is 19.2. The van der Waals surface area contributed by atoms with Gasteiger partial charge in [0.25, 0.3) is 0 Å². The molecule has 2 saturated carbocycles. The summed E-state index contributed by atoms with van der Waals surface area (Å²) in [5.41, 5.74) is -4.18.